The zero-order valence-electron chi connectivity index (χ0n) is 20.4. The van der Waals surface area contributed by atoms with Crippen molar-refractivity contribution in [1.82, 2.24) is 19.9 Å². The lowest BCUT2D eigenvalue weighted by Gasteiger charge is -2.34. The molecule has 0 radical (unpaired) electrons. The maximum Gasteiger partial charge on any atom is 0.264 e. The number of fused-ring (bicyclic) bond motifs is 1. The summed E-state index contributed by atoms with van der Waals surface area (Å²) >= 11 is 0. The summed E-state index contributed by atoms with van der Waals surface area (Å²) in [7, 11) is -3.86. The highest BCUT2D eigenvalue weighted by Crippen LogP contribution is 2.24. The van der Waals surface area contributed by atoms with E-state index in [4.69, 9.17) is 0 Å². The summed E-state index contributed by atoms with van der Waals surface area (Å²) in [5.74, 6) is 0.556. The number of sulfonamides is 1. The molecule has 190 valence electrons. The van der Waals surface area contributed by atoms with Crippen molar-refractivity contribution in [3.63, 3.8) is 0 Å². The van der Waals surface area contributed by atoms with E-state index in [0.717, 1.165) is 16.5 Å². The number of para-hydroxylation sites is 1. The van der Waals surface area contributed by atoms with E-state index in [-0.39, 0.29) is 10.8 Å². The Labute approximate surface area is 220 Å². The van der Waals surface area contributed by atoms with Crippen LogP contribution in [0.4, 0.5) is 11.6 Å². The van der Waals surface area contributed by atoms with Crippen LogP contribution in [-0.2, 0) is 10.0 Å². The number of allylic oxidation sites excluding steroid dienone is 4. The van der Waals surface area contributed by atoms with Gasteiger partial charge in [0, 0.05) is 67.0 Å². The predicted molar refractivity (Wildman–Crippen MR) is 146 cm³/mol. The molecular weight excluding hydrogens is 500 g/mol. The first-order valence-electron chi connectivity index (χ1n) is 12.2. The number of benzene rings is 2. The number of anilines is 2. The minimum Gasteiger partial charge on any atom is -0.337 e. The second-order valence-corrected chi connectivity index (χ2v) is 10.7. The van der Waals surface area contributed by atoms with Crippen LogP contribution in [0.15, 0.2) is 96.3 Å². The number of pyridine rings is 1. The first-order chi connectivity index (χ1) is 18.5. The van der Waals surface area contributed by atoms with E-state index in [1.807, 2.05) is 42.8 Å². The first-order valence-corrected chi connectivity index (χ1v) is 13.7. The van der Waals surface area contributed by atoms with E-state index in [1.165, 1.54) is 6.07 Å². The Balaban J connectivity index is 1.09. The maximum atomic E-state index is 13.1. The topological polar surface area (TPSA) is 108 Å². The molecule has 0 bridgehead atoms. The third-order valence-corrected chi connectivity index (χ3v) is 8.06. The third kappa shape index (κ3) is 4.61. The molecule has 1 N–H and O–H groups in total. The summed E-state index contributed by atoms with van der Waals surface area (Å²) in [6.45, 7) is 2.34. The average Bonchev–Trinajstić information content (AvgIpc) is 2.92. The molecule has 2 aromatic heterocycles. The van der Waals surface area contributed by atoms with Crippen LogP contribution in [0.25, 0.3) is 16.5 Å². The highest BCUT2D eigenvalue weighted by molar-refractivity contribution is 7.93. The van der Waals surface area contributed by atoms with Crippen LogP contribution >= 0.6 is 0 Å². The van der Waals surface area contributed by atoms with Crippen molar-refractivity contribution in [2.45, 2.75) is 4.90 Å². The smallest absolute Gasteiger partial charge is 0.264 e. The summed E-state index contributed by atoms with van der Waals surface area (Å²) < 4.78 is 28.7. The zero-order valence-corrected chi connectivity index (χ0v) is 21.2. The molecule has 10 heteroatoms. The van der Waals surface area contributed by atoms with E-state index >= 15 is 0 Å². The van der Waals surface area contributed by atoms with Crippen molar-refractivity contribution < 1.29 is 13.2 Å². The fourth-order valence-corrected chi connectivity index (χ4v) is 5.73. The number of piperazine rings is 1. The maximum absolute atomic E-state index is 13.1. The summed E-state index contributed by atoms with van der Waals surface area (Å²) in [5, 5.41) is 0.740. The van der Waals surface area contributed by atoms with E-state index in [1.54, 1.807) is 47.5 Å². The number of hydrogen-bond acceptors (Lipinski definition) is 7. The van der Waals surface area contributed by atoms with Gasteiger partial charge in [0.05, 0.1) is 5.52 Å². The quantitative estimate of drug-likeness (QED) is 0.409. The summed E-state index contributed by atoms with van der Waals surface area (Å²) in [6.07, 6.45) is 11.2. The molecule has 3 heterocycles. The molecule has 1 amide bonds. The Kier molecular flexibility index (Phi) is 6.09. The van der Waals surface area contributed by atoms with Crippen molar-refractivity contribution >= 4 is 44.0 Å². The highest BCUT2D eigenvalue weighted by Gasteiger charge is 2.24. The fourth-order valence-electron chi connectivity index (χ4n) is 4.49. The summed E-state index contributed by atoms with van der Waals surface area (Å²) in [6, 6.07) is 15.1. The van der Waals surface area contributed by atoms with Crippen LogP contribution in [0.3, 0.4) is 0 Å². The van der Waals surface area contributed by atoms with Crippen LogP contribution < -0.4 is 9.62 Å². The first kappa shape index (κ1) is 23.8. The largest absolute Gasteiger partial charge is 0.337 e. The molecule has 9 nitrogen and oxygen atoms in total. The molecule has 1 fully saturated rings. The number of hydrogen-bond donors (Lipinski definition) is 1. The van der Waals surface area contributed by atoms with Crippen LogP contribution in [0.2, 0.25) is 0 Å². The number of carbonyl (C=O) groups excluding carboxylic acids is 1. The second-order valence-electron chi connectivity index (χ2n) is 9.05. The monoisotopic (exact) mass is 524 g/mol. The minimum absolute atomic E-state index is 0.0997. The van der Waals surface area contributed by atoms with Crippen molar-refractivity contribution in [1.29, 1.82) is 0 Å². The lowest BCUT2D eigenvalue weighted by molar-refractivity contribution is 0.0746. The standard InChI is InChI=1S/C28H24N6O3S/c35-27(33-14-16-34(17-15-33)28-30-18-23(19-31-28)20-4-1-5-20)22-9-11-24(12-10-22)32-38(36,37)25-8-2-6-21-7-3-13-29-26(21)25/h1-13,18-19,32H,14-17H2. The van der Waals surface area contributed by atoms with Crippen molar-refractivity contribution in [2.75, 3.05) is 35.8 Å². The van der Waals surface area contributed by atoms with Crippen LogP contribution in [0, 0.1) is 0 Å². The van der Waals surface area contributed by atoms with E-state index < -0.39 is 10.0 Å². The molecule has 1 aliphatic carbocycles. The molecule has 0 saturated carbocycles. The van der Waals surface area contributed by atoms with Gasteiger partial charge in [0.15, 0.2) is 0 Å². The van der Waals surface area contributed by atoms with Gasteiger partial charge < -0.3 is 9.80 Å². The number of aromatic nitrogens is 3. The molecule has 38 heavy (non-hydrogen) atoms. The number of rotatable bonds is 6. The zero-order chi connectivity index (χ0) is 26.1. The van der Waals surface area contributed by atoms with Gasteiger partial charge in [-0.3, -0.25) is 14.5 Å². The molecule has 2 aromatic carbocycles. The van der Waals surface area contributed by atoms with E-state index in [2.05, 4.69) is 24.6 Å². The van der Waals surface area contributed by atoms with Crippen molar-refractivity contribution in [3.8, 4) is 0 Å². The number of amides is 1. The molecule has 1 aliphatic heterocycles. The van der Waals surface area contributed by atoms with Gasteiger partial charge in [0.25, 0.3) is 15.9 Å². The summed E-state index contributed by atoms with van der Waals surface area (Å²) in [4.78, 5) is 30.2. The molecule has 2 aliphatic rings. The Morgan fingerprint density at radius 2 is 1.58 bits per heavy atom. The fraction of sp³-hybridized carbons (Fsp3) is 0.143. The number of nitrogens with zero attached hydrogens (tertiary/aromatic N) is 5. The van der Waals surface area contributed by atoms with Gasteiger partial charge in [-0.2, -0.15) is 0 Å². The Bertz CT molecular complexity index is 1670. The second kappa shape index (κ2) is 9.71. The Morgan fingerprint density at radius 1 is 0.868 bits per heavy atom. The molecule has 0 unspecified atom stereocenters. The minimum atomic E-state index is -3.86. The SMILES string of the molecule is O=C(c1ccc(NS(=O)(=O)c2cccc3cccnc23)cc1)N1CCN(c2ncc(C3=CC=C3)cn2)CC1. The molecule has 0 spiro atoms. The normalized spacial score (nSPS) is 15.2. The molecule has 4 aromatic rings. The third-order valence-electron chi connectivity index (χ3n) is 6.64. The Hall–Kier alpha value is -4.57. The number of nitrogens with one attached hydrogen (secondary N) is 1. The van der Waals surface area contributed by atoms with Crippen LogP contribution in [0.5, 0.6) is 0 Å². The Morgan fingerprint density at radius 3 is 2.26 bits per heavy atom. The van der Waals surface area contributed by atoms with Crippen molar-refractivity contribution in [2.24, 2.45) is 0 Å². The predicted octanol–water partition coefficient (Wildman–Crippen LogP) is 3.74. The van der Waals surface area contributed by atoms with Gasteiger partial charge in [0.2, 0.25) is 5.95 Å². The summed E-state index contributed by atoms with van der Waals surface area (Å²) in [5.41, 5.74) is 3.38. The lowest BCUT2D eigenvalue weighted by Crippen LogP contribution is -2.49. The molecule has 1 saturated heterocycles. The van der Waals surface area contributed by atoms with Gasteiger partial charge in [0.1, 0.15) is 4.90 Å². The van der Waals surface area contributed by atoms with Crippen molar-refractivity contribution in [3.05, 3.63) is 103 Å². The van der Waals surface area contributed by atoms with Gasteiger partial charge in [-0.15, -0.1) is 0 Å². The lowest BCUT2D eigenvalue weighted by atomic mass is 10.0. The van der Waals surface area contributed by atoms with Gasteiger partial charge in [-0.25, -0.2) is 18.4 Å². The van der Waals surface area contributed by atoms with Crippen LogP contribution in [-0.4, -0.2) is 60.4 Å². The average molecular weight is 525 g/mol. The van der Waals surface area contributed by atoms with Gasteiger partial charge in [-0.05, 0) is 42.0 Å². The van der Waals surface area contributed by atoms with Gasteiger partial charge in [-0.1, -0.05) is 36.4 Å². The molecule has 6 rings (SSSR count). The van der Waals surface area contributed by atoms with Crippen LogP contribution in [0.1, 0.15) is 15.9 Å². The van der Waals surface area contributed by atoms with E-state index in [0.29, 0.717) is 48.9 Å². The molecule has 0 atom stereocenters. The number of carbonyl (C=O) groups is 1. The highest BCUT2D eigenvalue weighted by atomic mass is 32.2. The molecular formula is C28H24N6O3S. The van der Waals surface area contributed by atoms with Gasteiger partial charge >= 0.3 is 0 Å². The van der Waals surface area contributed by atoms with E-state index in [9.17, 15) is 13.2 Å².